The van der Waals surface area contributed by atoms with Gasteiger partial charge in [0.25, 0.3) is 0 Å². The Labute approximate surface area is 122 Å². The van der Waals surface area contributed by atoms with Gasteiger partial charge in [-0.25, -0.2) is 0 Å². The molecule has 0 radical (unpaired) electrons. The highest BCUT2D eigenvalue weighted by Gasteiger charge is 2.25. The molecule has 3 rings (SSSR count). The highest BCUT2D eigenvalue weighted by Crippen LogP contribution is 2.38. The molecule has 0 amide bonds. The van der Waals surface area contributed by atoms with Crippen LogP contribution in [0.15, 0.2) is 18.2 Å². The standard InChI is InChI=1S/C18H27NO/c1-2-19-17(13-14-7-4-3-5-8-14)16-10-6-9-15-11-12-20-18(15)16/h6,9-10,14,17,19H,2-5,7-8,11-13H2,1H3. The second-order valence-electron chi connectivity index (χ2n) is 6.28. The molecule has 1 unspecified atom stereocenters. The van der Waals surface area contributed by atoms with Crippen LogP contribution in [0.3, 0.4) is 0 Å². The van der Waals surface area contributed by atoms with Gasteiger partial charge in [-0.2, -0.15) is 0 Å². The maximum Gasteiger partial charge on any atom is 0.127 e. The minimum atomic E-state index is 0.469. The number of rotatable bonds is 5. The van der Waals surface area contributed by atoms with Gasteiger partial charge in [0.2, 0.25) is 0 Å². The largest absolute Gasteiger partial charge is 0.493 e. The van der Waals surface area contributed by atoms with E-state index in [0.717, 1.165) is 25.5 Å². The molecule has 2 heteroatoms. The molecule has 1 aromatic rings. The lowest BCUT2D eigenvalue weighted by molar-refractivity contribution is 0.294. The van der Waals surface area contributed by atoms with Crippen LogP contribution in [0.1, 0.15) is 62.6 Å². The molecule has 1 heterocycles. The van der Waals surface area contributed by atoms with E-state index in [-0.39, 0.29) is 0 Å². The molecule has 0 aromatic heterocycles. The average Bonchev–Trinajstić information content (AvgIpc) is 2.96. The van der Waals surface area contributed by atoms with Gasteiger partial charge in [0.15, 0.2) is 0 Å². The summed E-state index contributed by atoms with van der Waals surface area (Å²) in [5, 5.41) is 3.70. The van der Waals surface area contributed by atoms with Crippen LogP contribution in [0, 0.1) is 5.92 Å². The summed E-state index contributed by atoms with van der Waals surface area (Å²) >= 11 is 0. The molecule has 1 aromatic carbocycles. The first-order chi connectivity index (χ1) is 9.88. The number of para-hydroxylation sites is 1. The number of ether oxygens (including phenoxy) is 1. The van der Waals surface area contributed by atoms with Gasteiger partial charge in [0.1, 0.15) is 5.75 Å². The van der Waals surface area contributed by atoms with Gasteiger partial charge in [-0.1, -0.05) is 57.2 Å². The lowest BCUT2D eigenvalue weighted by Crippen LogP contribution is -2.24. The van der Waals surface area contributed by atoms with Gasteiger partial charge in [-0.15, -0.1) is 0 Å². The number of hydrogen-bond donors (Lipinski definition) is 1. The Hall–Kier alpha value is -1.02. The summed E-state index contributed by atoms with van der Waals surface area (Å²) < 4.78 is 5.91. The second kappa shape index (κ2) is 6.62. The van der Waals surface area contributed by atoms with Crippen molar-refractivity contribution in [1.82, 2.24) is 5.32 Å². The van der Waals surface area contributed by atoms with Crippen molar-refractivity contribution in [2.75, 3.05) is 13.2 Å². The summed E-state index contributed by atoms with van der Waals surface area (Å²) in [6.07, 6.45) is 9.46. The van der Waals surface area contributed by atoms with Gasteiger partial charge in [0, 0.05) is 18.0 Å². The van der Waals surface area contributed by atoms with Gasteiger partial charge >= 0.3 is 0 Å². The number of nitrogens with one attached hydrogen (secondary N) is 1. The fraction of sp³-hybridized carbons (Fsp3) is 0.667. The predicted octanol–water partition coefficient (Wildman–Crippen LogP) is 4.24. The Bertz CT molecular complexity index is 437. The van der Waals surface area contributed by atoms with Crippen LogP contribution < -0.4 is 10.1 Å². The zero-order valence-corrected chi connectivity index (χ0v) is 12.7. The highest BCUT2D eigenvalue weighted by molar-refractivity contribution is 5.45. The van der Waals surface area contributed by atoms with Crippen molar-refractivity contribution >= 4 is 0 Å². The Kier molecular flexibility index (Phi) is 4.62. The van der Waals surface area contributed by atoms with Crippen molar-refractivity contribution in [3.8, 4) is 5.75 Å². The molecule has 1 fully saturated rings. The van der Waals surface area contributed by atoms with Crippen LogP contribution in [0.4, 0.5) is 0 Å². The third-order valence-electron chi connectivity index (χ3n) is 4.86. The van der Waals surface area contributed by atoms with E-state index in [9.17, 15) is 0 Å². The van der Waals surface area contributed by atoms with E-state index in [2.05, 4.69) is 30.4 Å². The molecular formula is C18H27NO. The van der Waals surface area contributed by atoms with Crippen molar-refractivity contribution in [2.24, 2.45) is 5.92 Å². The van der Waals surface area contributed by atoms with Crippen LogP contribution in [-0.2, 0) is 6.42 Å². The zero-order valence-electron chi connectivity index (χ0n) is 12.7. The minimum Gasteiger partial charge on any atom is -0.493 e. The van der Waals surface area contributed by atoms with Crippen molar-refractivity contribution < 1.29 is 4.74 Å². The Morgan fingerprint density at radius 3 is 2.90 bits per heavy atom. The Balaban J connectivity index is 1.77. The summed E-state index contributed by atoms with van der Waals surface area (Å²) in [5.74, 6) is 2.07. The van der Waals surface area contributed by atoms with Crippen LogP contribution in [-0.4, -0.2) is 13.2 Å². The molecule has 1 aliphatic heterocycles. The van der Waals surface area contributed by atoms with E-state index in [1.54, 1.807) is 0 Å². The number of benzene rings is 1. The first-order valence-corrected chi connectivity index (χ1v) is 8.36. The fourth-order valence-corrected chi connectivity index (χ4v) is 3.84. The second-order valence-corrected chi connectivity index (χ2v) is 6.28. The first kappa shape index (κ1) is 13.9. The van der Waals surface area contributed by atoms with Crippen LogP contribution in [0.5, 0.6) is 5.75 Å². The Morgan fingerprint density at radius 2 is 2.10 bits per heavy atom. The first-order valence-electron chi connectivity index (χ1n) is 8.36. The average molecular weight is 273 g/mol. The molecule has 2 nitrogen and oxygen atoms in total. The maximum absolute atomic E-state index is 5.91. The maximum atomic E-state index is 5.91. The van der Waals surface area contributed by atoms with E-state index < -0.39 is 0 Å². The number of fused-ring (bicyclic) bond motifs is 1. The van der Waals surface area contributed by atoms with Crippen LogP contribution in [0.25, 0.3) is 0 Å². The van der Waals surface area contributed by atoms with E-state index in [0.29, 0.717) is 6.04 Å². The molecule has 0 bridgehead atoms. The van der Waals surface area contributed by atoms with Gasteiger partial charge in [-0.05, 0) is 24.4 Å². The van der Waals surface area contributed by atoms with E-state index in [1.165, 1.54) is 55.4 Å². The summed E-state index contributed by atoms with van der Waals surface area (Å²) in [6, 6.07) is 7.15. The smallest absolute Gasteiger partial charge is 0.127 e. The third kappa shape index (κ3) is 3.01. The molecule has 0 saturated heterocycles. The highest BCUT2D eigenvalue weighted by atomic mass is 16.5. The zero-order chi connectivity index (χ0) is 13.8. The molecule has 0 spiro atoms. The minimum absolute atomic E-state index is 0.469. The lowest BCUT2D eigenvalue weighted by Gasteiger charge is -2.28. The SMILES string of the molecule is CCNC(CC1CCCCC1)c1cccc2c1OCC2. The molecule has 1 saturated carbocycles. The molecule has 1 N–H and O–H groups in total. The summed E-state index contributed by atoms with van der Waals surface area (Å²) in [6.45, 7) is 4.09. The summed E-state index contributed by atoms with van der Waals surface area (Å²) in [5.41, 5.74) is 2.79. The Morgan fingerprint density at radius 1 is 1.25 bits per heavy atom. The predicted molar refractivity (Wildman–Crippen MR) is 83.3 cm³/mol. The van der Waals surface area contributed by atoms with Gasteiger partial charge in [0.05, 0.1) is 6.61 Å². The summed E-state index contributed by atoms with van der Waals surface area (Å²) in [7, 11) is 0. The van der Waals surface area contributed by atoms with Crippen molar-refractivity contribution in [1.29, 1.82) is 0 Å². The molecular weight excluding hydrogens is 246 g/mol. The molecule has 110 valence electrons. The van der Waals surface area contributed by atoms with E-state index >= 15 is 0 Å². The molecule has 20 heavy (non-hydrogen) atoms. The topological polar surface area (TPSA) is 21.3 Å². The quantitative estimate of drug-likeness (QED) is 0.866. The normalized spacial score (nSPS) is 20.4. The fourth-order valence-electron chi connectivity index (χ4n) is 3.84. The molecule has 2 aliphatic rings. The van der Waals surface area contributed by atoms with Crippen LogP contribution in [0.2, 0.25) is 0 Å². The molecule has 1 aliphatic carbocycles. The molecule has 1 atom stereocenters. The third-order valence-corrected chi connectivity index (χ3v) is 4.86. The summed E-state index contributed by atoms with van der Waals surface area (Å²) in [4.78, 5) is 0. The van der Waals surface area contributed by atoms with Crippen LogP contribution >= 0.6 is 0 Å². The van der Waals surface area contributed by atoms with Gasteiger partial charge < -0.3 is 10.1 Å². The van der Waals surface area contributed by atoms with E-state index in [1.807, 2.05) is 0 Å². The lowest BCUT2D eigenvalue weighted by atomic mass is 9.83. The van der Waals surface area contributed by atoms with Gasteiger partial charge in [-0.3, -0.25) is 0 Å². The van der Waals surface area contributed by atoms with E-state index in [4.69, 9.17) is 4.74 Å². The van der Waals surface area contributed by atoms with Crippen molar-refractivity contribution in [3.63, 3.8) is 0 Å². The number of hydrogen-bond acceptors (Lipinski definition) is 2. The van der Waals surface area contributed by atoms with Crippen molar-refractivity contribution in [3.05, 3.63) is 29.3 Å². The van der Waals surface area contributed by atoms with Crippen molar-refractivity contribution in [2.45, 2.75) is 57.9 Å². The monoisotopic (exact) mass is 273 g/mol.